The van der Waals surface area contributed by atoms with Gasteiger partial charge in [-0.2, -0.15) is 0 Å². The van der Waals surface area contributed by atoms with Crippen LogP contribution in [0, 0.1) is 10.1 Å². The average Bonchev–Trinajstić information content (AvgIpc) is 2.69. The van der Waals surface area contributed by atoms with Crippen molar-refractivity contribution in [1.29, 1.82) is 0 Å². The molecule has 0 aliphatic heterocycles. The van der Waals surface area contributed by atoms with Gasteiger partial charge in [-0.1, -0.05) is 12.1 Å². The number of nitrogens with two attached hydrogens (primary N) is 1. The van der Waals surface area contributed by atoms with Crippen molar-refractivity contribution in [1.82, 2.24) is 9.55 Å². The number of benzene rings is 2. The maximum Gasteiger partial charge on any atom is 0.271 e. The van der Waals surface area contributed by atoms with E-state index in [0.717, 1.165) is 4.57 Å². The van der Waals surface area contributed by atoms with Crippen molar-refractivity contribution in [3.8, 4) is 0 Å². The number of fused-ring (bicyclic) bond motifs is 1. The molecule has 29 heavy (non-hydrogen) atoms. The van der Waals surface area contributed by atoms with Crippen LogP contribution in [-0.4, -0.2) is 32.0 Å². The normalized spacial score (nSPS) is 10.6. The minimum Gasteiger partial charge on any atom is -0.369 e. The SMILES string of the molecule is NC(=O)CSc1ccccc1NC(=O)Cn1cnc2cc([N+](=O)[O-])ccc2c1=O. The van der Waals surface area contributed by atoms with Gasteiger partial charge in [-0.05, 0) is 18.2 Å². The van der Waals surface area contributed by atoms with Gasteiger partial charge >= 0.3 is 0 Å². The van der Waals surface area contributed by atoms with Gasteiger partial charge in [-0.15, -0.1) is 11.8 Å². The Morgan fingerprint density at radius 2 is 2.00 bits per heavy atom. The first kappa shape index (κ1) is 20.0. The minimum atomic E-state index is -0.576. The highest BCUT2D eigenvalue weighted by molar-refractivity contribution is 8.00. The molecule has 3 rings (SSSR count). The van der Waals surface area contributed by atoms with Crippen molar-refractivity contribution in [3.05, 3.63) is 69.3 Å². The molecule has 0 unspecified atom stereocenters. The molecule has 2 aromatic carbocycles. The Morgan fingerprint density at radius 1 is 1.24 bits per heavy atom. The zero-order valence-electron chi connectivity index (χ0n) is 14.9. The number of hydrogen-bond donors (Lipinski definition) is 2. The Kier molecular flexibility index (Phi) is 5.88. The fourth-order valence-corrected chi connectivity index (χ4v) is 3.31. The van der Waals surface area contributed by atoms with Crippen molar-refractivity contribution < 1.29 is 14.5 Å². The molecule has 0 bridgehead atoms. The lowest BCUT2D eigenvalue weighted by Crippen LogP contribution is -2.28. The molecule has 148 valence electrons. The van der Waals surface area contributed by atoms with Crippen molar-refractivity contribution in [2.75, 3.05) is 11.1 Å². The van der Waals surface area contributed by atoms with Gasteiger partial charge in [-0.3, -0.25) is 29.1 Å². The van der Waals surface area contributed by atoms with Crippen molar-refractivity contribution in [2.24, 2.45) is 5.73 Å². The summed E-state index contributed by atoms with van der Waals surface area (Å²) in [5, 5.41) is 13.7. The number of aromatic nitrogens is 2. The van der Waals surface area contributed by atoms with E-state index >= 15 is 0 Å². The Bertz CT molecular complexity index is 1180. The molecule has 0 aliphatic rings. The Morgan fingerprint density at radius 3 is 2.72 bits per heavy atom. The summed E-state index contributed by atoms with van der Waals surface area (Å²) in [4.78, 5) is 50.9. The number of primary amides is 1. The maximum absolute atomic E-state index is 12.6. The summed E-state index contributed by atoms with van der Waals surface area (Å²) in [5.41, 5.74) is 5.15. The lowest BCUT2D eigenvalue weighted by molar-refractivity contribution is -0.384. The molecule has 10 nitrogen and oxygen atoms in total. The van der Waals surface area contributed by atoms with Gasteiger partial charge in [0, 0.05) is 17.0 Å². The molecule has 0 fully saturated rings. The van der Waals surface area contributed by atoms with E-state index in [9.17, 15) is 24.5 Å². The van der Waals surface area contributed by atoms with E-state index in [-0.39, 0.29) is 28.9 Å². The quantitative estimate of drug-likeness (QED) is 0.338. The second kappa shape index (κ2) is 8.52. The highest BCUT2D eigenvalue weighted by Gasteiger charge is 2.13. The third-order valence-electron chi connectivity index (χ3n) is 3.86. The molecular weight excluding hydrogens is 398 g/mol. The van der Waals surface area contributed by atoms with E-state index in [1.165, 1.54) is 36.3 Å². The minimum absolute atomic E-state index is 0.0626. The molecule has 0 aliphatic carbocycles. The standard InChI is InChI=1S/C18H15N5O5S/c19-16(24)9-29-15-4-2-1-3-13(15)21-17(25)8-22-10-20-14-7-11(23(27)28)5-6-12(14)18(22)26/h1-7,10H,8-9H2,(H2,19,24)(H,21,25). The summed E-state index contributed by atoms with van der Waals surface area (Å²) in [6.45, 7) is -0.298. The number of non-ortho nitro benzene ring substituents is 1. The maximum atomic E-state index is 12.6. The number of carbonyl (C=O) groups excluding carboxylic acids is 2. The number of para-hydroxylation sites is 1. The monoisotopic (exact) mass is 413 g/mol. The number of nitrogens with one attached hydrogen (secondary N) is 1. The van der Waals surface area contributed by atoms with Crippen LogP contribution in [0.25, 0.3) is 10.9 Å². The first-order valence-electron chi connectivity index (χ1n) is 8.28. The fourth-order valence-electron chi connectivity index (χ4n) is 2.56. The summed E-state index contributed by atoms with van der Waals surface area (Å²) in [7, 11) is 0. The number of carbonyl (C=O) groups is 2. The van der Waals surface area contributed by atoms with Gasteiger partial charge in [-0.25, -0.2) is 4.98 Å². The zero-order chi connectivity index (χ0) is 21.0. The van der Waals surface area contributed by atoms with Crippen molar-refractivity contribution in [3.63, 3.8) is 0 Å². The predicted octanol–water partition coefficient (Wildman–Crippen LogP) is 1.52. The molecule has 0 saturated carbocycles. The average molecular weight is 413 g/mol. The molecule has 1 aromatic heterocycles. The van der Waals surface area contributed by atoms with Gasteiger partial charge in [0.2, 0.25) is 11.8 Å². The van der Waals surface area contributed by atoms with Crippen LogP contribution in [0.15, 0.2) is 58.5 Å². The summed E-state index contributed by atoms with van der Waals surface area (Å²) in [6.07, 6.45) is 1.17. The molecule has 0 saturated heterocycles. The Balaban J connectivity index is 1.79. The zero-order valence-corrected chi connectivity index (χ0v) is 15.7. The third-order valence-corrected chi connectivity index (χ3v) is 4.96. The highest BCUT2D eigenvalue weighted by Crippen LogP contribution is 2.26. The number of nitro groups is 1. The van der Waals surface area contributed by atoms with Crippen LogP contribution >= 0.6 is 11.8 Å². The van der Waals surface area contributed by atoms with Gasteiger partial charge in [0.05, 0.1) is 33.6 Å². The molecular formula is C18H15N5O5S. The number of amides is 2. The highest BCUT2D eigenvalue weighted by atomic mass is 32.2. The molecule has 11 heteroatoms. The van der Waals surface area contributed by atoms with E-state index in [0.29, 0.717) is 10.6 Å². The first-order chi connectivity index (χ1) is 13.8. The largest absolute Gasteiger partial charge is 0.369 e. The molecule has 3 N–H and O–H groups in total. The molecule has 2 amide bonds. The summed E-state index contributed by atoms with van der Waals surface area (Å²) in [5.74, 6) is -0.889. The van der Waals surface area contributed by atoms with Crippen LogP contribution in [0.3, 0.4) is 0 Å². The topological polar surface area (TPSA) is 150 Å². The number of rotatable bonds is 7. The summed E-state index contributed by atoms with van der Waals surface area (Å²) in [6, 6.07) is 10.6. The van der Waals surface area contributed by atoms with Gasteiger partial charge in [0.25, 0.3) is 11.2 Å². The number of nitrogens with zero attached hydrogens (tertiary/aromatic N) is 3. The number of anilines is 1. The molecule has 0 spiro atoms. The Hall–Kier alpha value is -3.73. The van der Waals surface area contributed by atoms with Crippen molar-refractivity contribution in [2.45, 2.75) is 11.4 Å². The van der Waals surface area contributed by atoms with Crippen LogP contribution in [-0.2, 0) is 16.1 Å². The predicted molar refractivity (Wildman–Crippen MR) is 108 cm³/mol. The third kappa shape index (κ3) is 4.76. The smallest absolute Gasteiger partial charge is 0.271 e. The lowest BCUT2D eigenvalue weighted by atomic mass is 10.2. The summed E-state index contributed by atoms with van der Waals surface area (Å²) >= 11 is 1.19. The first-order valence-corrected chi connectivity index (χ1v) is 9.27. The van der Waals surface area contributed by atoms with Gasteiger partial charge < -0.3 is 11.1 Å². The van der Waals surface area contributed by atoms with Gasteiger partial charge in [0.1, 0.15) is 6.54 Å². The number of hydrogen-bond acceptors (Lipinski definition) is 7. The van der Waals surface area contributed by atoms with Crippen LogP contribution in [0.1, 0.15) is 0 Å². The van der Waals surface area contributed by atoms with Crippen molar-refractivity contribution >= 4 is 45.9 Å². The van der Waals surface area contributed by atoms with E-state index in [1.807, 2.05) is 0 Å². The lowest BCUT2D eigenvalue weighted by Gasteiger charge is -2.11. The molecule has 0 atom stereocenters. The number of thioether (sulfide) groups is 1. The van der Waals surface area contributed by atoms with E-state index in [4.69, 9.17) is 5.73 Å². The molecule has 3 aromatic rings. The van der Waals surface area contributed by atoms with Gasteiger partial charge in [0.15, 0.2) is 0 Å². The second-order valence-corrected chi connectivity index (χ2v) is 6.95. The van der Waals surface area contributed by atoms with E-state index < -0.39 is 22.3 Å². The van der Waals surface area contributed by atoms with Crippen LogP contribution in [0.4, 0.5) is 11.4 Å². The second-order valence-electron chi connectivity index (χ2n) is 5.94. The van der Waals surface area contributed by atoms with Crippen LogP contribution in [0.5, 0.6) is 0 Å². The summed E-state index contributed by atoms with van der Waals surface area (Å²) < 4.78 is 1.11. The Labute approximate surface area is 167 Å². The number of nitro benzene ring substituents is 1. The van der Waals surface area contributed by atoms with Crippen LogP contribution in [0.2, 0.25) is 0 Å². The van der Waals surface area contributed by atoms with E-state index in [1.54, 1.807) is 24.3 Å². The molecule has 0 radical (unpaired) electrons. The van der Waals surface area contributed by atoms with E-state index in [2.05, 4.69) is 10.3 Å². The van der Waals surface area contributed by atoms with Crippen LogP contribution < -0.4 is 16.6 Å². The molecule has 1 heterocycles. The fraction of sp³-hybridized carbons (Fsp3) is 0.111.